The third kappa shape index (κ3) is 6.54. The summed E-state index contributed by atoms with van der Waals surface area (Å²) in [5, 5.41) is 2.80. The van der Waals surface area contributed by atoms with Gasteiger partial charge < -0.3 is 14.8 Å². The Kier molecular flexibility index (Phi) is 8.58. The van der Waals surface area contributed by atoms with Crippen LogP contribution in [-0.4, -0.2) is 30.3 Å². The number of hydrogen-bond acceptors (Lipinski definition) is 6. The second-order valence-corrected chi connectivity index (χ2v) is 10.2. The van der Waals surface area contributed by atoms with Gasteiger partial charge >= 0.3 is 0 Å². The van der Waals surface area contributed by atoms with Gasteiger partial charge in [0.1, 0.15) is 0 Å². The summed E-state index contributed by atoms with van der Waals surface area (Å²) in [5.41, 5.74) is 2.78. The molecule has 1 aliphatic rings. The van der Waals surface area contributed by atoms with Crippen LogP contribution in [-0.2, 0) is 9.59 Å². The third-order valence-corrected chi connectivity index (χ3v) is 6.87. The molecule has 1 N–H and O–H groups in total. The third-order valence-electron chi connectivity index (χ3n) is 5.17. The molecule has 1 aliphatic heterocycles. The number of aryl methyl sites for hydroxylation is 1. The number of rotatable bonds is 8. The molecular formula is C27H22BrClN2O5S. The summed E-state index contributed by atoms with van der Waals surface area (Å²) in [4.78, 5) is 39.3. The zero-order valence-corrected chi connectivity index (χ0v) is 23.1. The minimum Gasteiger partial charge on any atom is -0.490 e. The highest BCUT2D eigenvalue weighted by Gasteiger charge is 2.36. The van der Waals surface area contributed by atoms with Crippen molar-refractivity contribution >= 4 is 73.8 Å². The van der Waals surface area contributed by atoms with Crippen molar-refractivity contribution in [2.45, 2.75) is 13.8 Å². The normalized spacial score (nSPS) is 14.3. The van der Waals surface area contributed by atoms with Gasteiger partial charge in [0.25, 0.3) is 17.1 Å². The summed E-state index contributed by atoms with van der Waals surface area (Å²) >= 11 is 10.3. The average molecular weight is 602 g/mol. The molecule has 0 bridgehead atoms. The largest absolute Gasteiger partial charge is 0.490 e. The van der Waals surface area contributed by atoms with Crippen molar-refractivity contribution in [3.63, 3.8) is 0 Å². The Balaban J connectivity index is 1.52. The molecule has 190 valence electrons. The number of imide groups is 1. The van der Waals surface area contributed by atoms with Gasteiger partial charge in [0.15, 0.2) is 18.1 Å². The maximum absolute atomic E-state index is 13.0. The lowest BCUT2D eigenvalue weighted by atomic mass is 10.1. The molecule has 7 nitrogen and oxygen atoms in total. The van der Waals surface area contributed by atoms with E-state index in [1.165, 1.54) is 0 Å². The standard InChI is InChI=1S/C27H22BrClN2O5S/c1-3-35-22-12-17(13-23-26(33)31(27(34)37-23)20-6-4-5-18(29)14-20)11-21(28)25(22)36-15-24(32)30-19-9-7-16(2)8-10-19/h4-14H,3,15H2,1-2H3,(H,30,32)/b23-13+. The van der Waals surface area contributed by atoms with Crippen LogP contribution < -0.4 is 19.7 Å². The first-order valence-corrected chi connectivity index (χ1v) is 13.2. The number of halogens is 2. The minimum atomic E-state index is -0.445. The molecule has 3 aromatic rings. The highest BCUT2D eigenvalue weighted by Crippen LogP contribution is 2.40. The van der Waals surface area contributed by atoms with E-state index in [9.17, 15) is 14.4 Å². The zero-order valence-electron chi connectivity index (χ0n) is 19.9. The topological polar surface area (TPSA) is 84.9 Å². The molecule has 1 fully saturated rings. The van der Waals surface area contributed by atoms with E-state index in [4.69, 9.17) is 21.1 Å². The molecule has 0 aromatic heterocycles. The van der Waals surface area contributed by atoms with Crippen LogP contribution in [0.15, 0.2) is 70.0 Å². The van der Waals surface area contributed by atoms with Crippen molar-refractivity contribution in [3.05, 3.63) is 86.2 Å². The second kappa shape index (κ2) is 11.9. The molecule has 0 radical (unpaired) electrons. The number of anilines is 2. The number of ether oxygens (including phenoxy) is 2. The summed E-state index contributed by atoms with van der Waals surface area (Å²) < 4.78 is 12.0. The molecule has 4 rings (SSSR count). The van der Waals surface area contributed by atoms with Gasteiger partial charge in [0.2, 0.25) is 0 Å². The number of amides is 3. The van der Waals surface area contributed by atoms with Gasteiger partial charge in [-0.25, -0.2) is 4.90 Å². The zero-order chi connectivity index (χ0) is 26.5. The SMILES string of the molecule is CCOc1cc(/C=C2/SC(=O)N(c3cccc(Cl)c3)C2=O)cc(Br)c1OCC(=O)Nc1ccc(C)cc1. The Morgan fingerprint density at radius 1 is 1.11 bits per heavy atom. The Bertz CT molecular complexity index is 1390. The fraction of sp³-hybridized carbons (Fsp3) is 0.148. The molecule has 37 heavy (non-hydrogen) atoms. The molecule has 1 saturated heterocycles. The number of benzene rings is 3. The predicted molar refractivity (Wildman–Crippen MR) is 151 cm³/mol. The van der Waals surface area contributed by atoms with Crippen molar-refractivity contribution in [2.75, 3.05) is 23.4 Å². The van der Waals surface area contributed by atoms with Gasteiger partial charge in [-0.05, 0) is 95.6 Å². The smallest absolute Gasteiger partial charge is 0.298 e. The number of thioether (sulfide) groups is 1. The van der Waals surface area contributed by atoms with Gasteiger partial charge in [-0.2, -0.15) is 0 Å². The fourth-order valence-electron chi connectivity index (χ4n) is 3.50. The van der Waals surface area contributed by atoms with E-state index >= 15 is 0 Å². The Morgan fingerprint density at radius 2 is 1.86 bits per heavy atom. The predicted octanol–water partition coefficient (Wildman–Crippen LogP) is 7.07. The van der Waals surface area contributed by atoms with E-state index in [2.05, 4.69) is 21.2 Å². The van der Waals surface area contributed by atoms with E-state index in [-0.39, 0.29) is 17.4 Å². The lowest BCUT2D eigenvalue weighted by Gasteiger charge is -2.15. The summed E-state index contributed by atoms with van der Waals surface area (Å²) in [7, 11) is 0. The van der Waals surface area contributed by atoms with E-state index in [0.717, 1.165) is 22.2 Å². The van der Waals surface area contributed by atoms with Crippen molar-refractivity contribution in [2.24, 2.45) is 0 Å². The second-order valence-electron chi connectivity index (χ2n) is 7.96. The number of nitrogens with one attached hydrogen (secondary N) is 1. The lowest BCUT2D eigenvalue weighted by Crippen LogP contribution is -2.27. The molecule has 0 aliphatic carbocycles. The first kappa shape index (κ1) is 26.8. The highest BCUT2D eigenvalue weighted by atomic mass is 79.9. The van der Waals surface area contributed by atoms with Gasteiger partial charge in [0, 0.05) is 10.7 Å². The molecule has 10 heteroatoms. The molecule has 0 atom stereocenters. The van der Waals surface area contributed by atoms with Gasteiger partial charge in [-0.1, -0.05) is 35.4 Å². The van der Waals surface area contributed by atoms with Gasteiger partial charge in [-0.3, -0.25) is 14.4 Å². The summed E-state index contributed by atoms with van der Waals surface area (Å²) in [5.74, 6) is -0.0261. The monoisotopic (exact) mass is 600 g/mol. The van der Waals surface area contributed by atoms with Crippen LogP contribution in [0.3, 0.4) is 0 Å². The van der Waals surface area contributed by atoms with Crippen LogP contribution in [0.4, 0.5) is 16.2 Å². The molecule has 0 unspecified atom stereocenters. The Hall–Kier alpha value is -3.27. The maximum atomic E-state index is 13.0. The van der Waals surface area contributed by atoms with Crippen molar-refractivity contribution < 1.29 is 23.9 Å². The van der Waals surface area contributed by atoms with E-state index in [1.54, 1.807) is 42.5 Å². The van der Waals surface area contributed by atoms with E-state index < -0.39 is 11.1 Å². The molecular weight excluding hydrogens is 580 g/mol. The summed E-state index contributed by atoms with van der Waals surface area (Å²) in [6.45, 7) is 3.91. The quantitative estimate of drug-likeness (QED) is 0.278. The fourth-order valence-corrected chi connectivity index (χ4v) is 5.10. The summed E-state index contributed by atoms with van der Waals surface area (Å²) in [6, 6.07) is 17.4. The van der Waals surface area contributed by atoms with Crippen molar-refractivity contribution in [1.82, 2.24) is 0 Å². The van der Waals surface area contributed by atoms with Crippen molar-refractivity contribution in [3.8, 4) is 11.5 Å². The van der Waals surface area contributed by atoms with E-state index in [0.29, 0.717) is 44.5 Å². The number of carbonyl (C=O) groups is 3. The number of nitrogens with zero attached hydrogens (tertiary/aromatic N) is 1. The number of carbonyl (C=O) groups excluding carboxylic acids is 3. The molecule has 1 heterocycles. The molecule has 3 aromatic carbocycles. The van der Waals surface area contributed by atoms with Crippen LogP contribution in [0.1, 0.15) is 18.1 Å². The van der Waals surface area contributed by atoms with Crippen LogP contribution in [0.2, 0.25) is 5.02 Å². The minimum absolute atomic E-state index is 0.232. The van der Waals surface area contributed by atoms with Gasteiger partial charge in [0.05, 0.1) is 21.7 Å². The molecule has 3 amide bonds. The molecule has 0 saturated carbocycles. The van der Waals surface area contributed by atoms with Gasteiger partial charge in [-0.15, -0.1) is 0 Å². The highest BCUT2D eigenvalue weighted by molar-refractivity contribution is 9.10. The first-order chi connectivity index (χ1) is 17.7. The maximum Gasteiger partial charge on any atom is 0.298 e. The van der Waals surface area contributed by atoms with Crippen LogP contribution >= 0.6 is 39.3 Å². The van der Waals surface area contributed by atoms with E-state index in [1.807, 2.05) is 38.1 Å². The lowest BCUT2D eigenvalue weighted by molar-refractivity contribution is -0.118. The van der Waals surface area contributed by atoms with Crippen LogP contribution in [0, 0.1) is 6.92 Å². The Labute approximate surface area is 231 Å². The van der Waals surface area contributed by atoms with Crippen LogP contribution in [0.5, 0.6) is 11.5 Å². The number of hydrogen-bond donors (Lipinski definition) is 1. The average Bonchev–Trinajstić information content (AvgIpc) is 3.12. The summed E-state index contributed by atoms with van der Waals surface area (Å²) in [6.07, 6.45) is 1.61. The Morgan fingerprint density at radius 3 is 2.57 bits per heavy atom. The first-order valence-electron chi connectivity index (χ1n) is 11.2. The molecule has 0 spiro atoms. The van der Waals surface area contributed by atoms with Crippen molar-refractivity contribution in [1.29, 1.82) is 0 Å². The van der Waals surface area contributed by atoms with Crippen LogP contribution in [0.25, 0.3) is 6.08 Å².